The van der Waals surface area contributed by atoms with Crippen molar-refractivity contribution in [3.8, 4) is 17.1 Å². The molecule has 3 rings (SSSR count). The zero-order valence-corrected chi connectivity index (χ0v) is 19.4. The molecule has 2 aromatic rings. The number of aryl methyl sites for hydroxylation is 1. The summed E-state index contributed by atoms with van der Waals surface area (Å²) in [5.41, 5.74) is 0.796. The van der Waals surface area contributed by atoms with E-state index in [1.54, 1.807) is 6.92 Å². The van der Waals surface area contributed by atoms with Crippen molar-refractivity contribution in [3.05, 3.63) is 30.1 Å². The molecule has 13 nitrogen and oxygen atoms in total. The number of imide groups is 1. The number of amides is 2. The molecule has 188 valence electrons. The molecule has 35 heavy (non-hydrogen) atoms. The predicted octanol–water partition coefficient (Wildman–Crippen LogP) is 0.668. The number of ether oxygens (including phenoxy) is 4. The Bertz CT molecular complexity index is 955. The van der Waals surface area contributed by atoms with Crippen molar-refractivity contribution in [1.29, 1.82) is 0 Å². The van der Waals surface area contributed by atoms with Gasteiger partial charge in [0.2, 0.25) is 5.82 Å². The van der Waals surface area contributed by atoms with Crippen LogP contribution in [0.5, 0.6) is 5.75 Å². The number of nitrogens with zero attached hydrogens (tertiary/aromatic N) is 5. The van der Waals surface area contributed by atoms with E-state index >= 15 is 0 Å². The number of hydrogen-bond acceptors (Lipinski definition) is 12. The molecule has 2 heterocycles. The number of hydroxylamine groups is 2. The highest BCUT2D eigenvalue weighted by molar-refractivity contribution is 6.01. The van der Waals surface area contributed by atoms with Crippen LogP contribution in [0.2, 0.25) is 0 Å². The molecular formula is C22H27N5O8. The molecule has 0 aliphatic carbocycles. The third-order valence-corrected chi connectivity index (χ3v) is 4.58. The van der Waals surface area contributed by atoms with Gasteiger partial charge in [-0.3, -0.25) is 9.59 Å². The van der Waals surface area contributed by atoms with Crippen LogP contribution < -0.4 is 4.74 Å². The number of hydrogen-bond donors (Lipinski definition) is 0. The molecule has 0 bridgehead atoms. The predicted molar refractivity (Wildman–Crippen MR) is 118 cm³/mol. The maximum absolute atomic E-state index is 11.6. The fourth-order valence-corrected chi connectivity index (χ4v) is 2.82. The summed E-state index contributed by atoms with van der Waals surface area (Å²) in [7, 11) is 0. The fourth-order valence-electron chi connectivity index (χ4n) is 2.82. The van der Waals surface area contributed by atoms with Gasteiger partial charge < -0.3 is 23.8 Å². The van der Waals surface area contributed by atoms with Gasteiger partial charge in [-0.2, -0.15) is 0 Å². The molecule has 0 N–H and O–H groups in total. The van der Waals surface area contributed by atoms with Gasteiger partial charge in [0.1, 0.15) is 12.4 Å². The minimum Gasteiger partial charge on any atom is -0.491 e. The van der Waals surface area contributed by atoms with E-state index < -0.39 is 17.8 Å². The molecule has 0 radical (unpaired) electrons. The van der Waals surface area contributed by atoms with Crippen LogP contribution in [0.3, 0.4) is 0 Å². The van der Waals surface area contributed by atoms with E-state index in [0.717, 1.165) is 5.56 Å². The van der Waals surface area contributed by atoms with Gasteiger partial charge in [0.15, 0.2) is 5.82 Å². The normalized spacial score (nSPS) is 13.3. The van der Waals surface area contributed by atoms with Crippen molar-refractivity contribution < 1.29 is 38.2 Å². The molecule has 0 spiro atoms. The van der Waals surface area contributed by atoms with Crippen molar-refractivity contribution in [3.63, 3.8) is 0 Å². The maximum Gasteiger partial charge on any atom is 0.335 e. The first kappa shape index (κ1) is 26.1. The van der Waals surface area contributed by atoms with Gasteiger partial charge in [0.25, 0.3) is 11.8 Å². The van der Waals surface area contributed by atoms with E-state index in [4.69, 9.17) is 23.8 Å². The van der Waals surface area contributed by atoms with E-state index in [1.165, 1.54) is 0 Å². The standard InChI is InChI=1S/C22H27N5O8/c1-16-23-25-22(26-24-16)17-2-4-18(5-3-17)34-15-14-33-13-12-32-11-10-31-9-8-21(30)35-27-19(28)6-7-20(27)29/h2-5H,6-15H2,1H3. The second-order valence-electron chi connectivity index (χ2n) is 7.28. The van der Waals surface area contributed by atoms with Gasteiger partial charge in [0.05, 0.1) is 46.1 Å². The van der Waals surface area contributed by atoms with Crippen LogP contribution in [0, 0.1) is 6.92 Å². The summed E-state index contributed by atoms with van der Waals surface area (Å²) in [6.07, 6.45) is 0.0509. The molecule has 2 amide bonds. The lowest BCUT2D eigenvalue weighted by atomic mass is 10.2. The molecule has 1 fully saturated rings. The van der Waals surface area contributed by atoms with E-state index in [2.05, 4.69) is 20.4 Å². The van der Waals surface area contributed by atoms with Gasteiger partial charge in [-0.1, -0.05) is 0 Å². The number of rotatable bonds is 15. The highest BCUT2D eigenvalue weighted by Gasteiger charge is 2.32. The first-order valence-corrected chi connectivity index (χ1v) is 11.1. The van der Waals surface area contributed by atoms with Crippen molar-refractivity contribution in [2.45, 2.75) is 26.2 Å². The highest BCUT2D eigenvalue weighted by atomic mass is 16.7. The molecule has 1 aromatic carbocycles. The quantitative estimate of drug-likeness (QED) is 0.255. The zero-order chi connectivity index (χ0) is 24.9. The summed E-state index contributed by atoms with van der Waals surface area (Å²) in [5.74, 6) is -0.0559. The molecule has 1 aliphatic heterocycles. The Morgan fingerprint density at radius 2 is 1.34 bits per heavy atom. The van der Waals surface area contributed by atoms with Gasteiger partial charge in [-0.05, 0) is 31.2 Å². The van der Waals surface area contributed by atoms with Gasteiger partial charge >= 0.3 is 5.97 Å². The first-order valence-electron chi connectivity index (χ1n) is 11.1. The topological polar surface area (TPSA) is 152 Å². The van der Waals surface area contributed by atoms with Crippen LogP contribution in [0.1, 0.15) is 25.1 Å². The first-order chi connectivity index (χ1) is 17.0. The van der Waals surface area contributed by atoms with Crippen molar-refractivity contribution in [2.24, 2.45) is 0 Å². The average Bonchev–Trinajstić information content (AvgIpc) is 3.17. The molecule has 13 heteroatoms. The Balaban J connectivity index is 1.13. The zero-order valence-electron chi connectivity index (χ0n) is 19.4. The molecule has 1 saturated heterocycles. The fraction of sp³-hybridized carbons (Fsp3) is 0.500. The van der Waals surface area contributed by atoms with Crippen LogP contribution in [0.25, 0.3) is 11.4 Å². The van der Waals surface area contributed by atoms with Crippen LogP contribution >= 0.6 is 0 Å². The third-order valence-electron chi connectivity index (χ3n) is 4.58. The number of aromatic nitrogens is 4. The third kappa shape index (κ3) is 8.96. The highest BCUT2D eigenvalue weighted by Crippen LogP contribution is 2.18. The molecule has 1 aliphatic rings. The van der Waals surface area contributed by atoms with Crippen molar-refractivity contribution in [2.75, 3.05) is 46.2 Å². The number of benzene rings is 1. The number of carbonyl (C=O) groups is 3. The second-order valence-corrected chi connectivity index (χ2v) is 7.28. The van der Waals surface area contributed by atoms with Gasteiger partial charge in [0, 0.05) is 18.4 Å². The van der Waals surface area contributed by atoms with Crippen LogP contribution in [-0.2, 0) is 33.4 Å². The molecule has 0 atom stereocenters. The Morgan fingerprint density at radius 3 is 1.94 bits per heavy atom. The van der Waals surface area contributed by atoms with Gasteiger partial charge in [-0.15, -0.1) is 25.5 Å². The smallest absolute Gasteiger partial charge is 0.335 e. The Labute approximate surface area is 201 Å². The summed E-state index contributed by atoms with van der Waals surface area (Å²) in [4.78, 5) is 39.1. The van der Waals surface area contributed by atoms with Gasteiger partial charge in [-0.25, -0.2) is 4.79 Å². The maximum atomic E-state index is 11.6. The summed E-state index contributed by atoms with van der Waals surface area (Å²) in [5, 5.41) is 16.3. The average molecular weight is 489 g/mol. The molecular weight excluding hydrogens is 462 g/mol. The van der Waals surface area contributed by atoms with E-state index in [1.807, 2.05) is 24.3 Å². The van der Waals surface area contributed by atoms with E-state index in [-0.39, 0.29) is 32.5 Å². The second kappa shape index (κ2) is 14.0. The van der Waals surface area contributed by atoms with Crippen LogP contribution in [0.4, 0.5) is 0 Å². The molecule has 1 aromatic heterocycles. The van der Waals surface area contributed by atoms with E-state index in [9.17, 15) is 14.4 Å². The van der Waals surface area contributed by atoms with Crippen molar-refractivity contribution >= 4 is 17.8 Å². The molecule has 0 saturated carbocycles. The lowest BCUT2D eigenvalue weighted by Crippen LogP contribution is -2.32. The monoisotopic (exact) mass is 489 g/mol. The minimum atomic E-state index is -0.698. The summed E-state index contributed by atoms with van der Waals surface area (Å²) >= 11 is 0. The summed E-state index contributed by atoms with van der Waals surface area (Å²) in [6, 6.07) is 7.29. The van der Waals surface area contributed by atoms with E-state index in [0.29, 0.717) is 55.5 Å². The van der Waals surface area contributed by atoms with Crippen LogP contribution in [0.15, 0.2) is 24.3 Å². The lowest BCUT2D eigenvalue weighted by molar-refractivity contribution is -0.198. The number of carbonyl (C=O) groups excluding carboxylic acids is 3. The largest absolute Gasteiger partial charge is 0.491 e. The summed E-state index contributed by atoms with van der Waals surface area (Å²) in [6.45, 7) is 4.01. The SMILES string of the molecule is Cc1nnc(-c2ccc(OCCOCCOCCOCCC(=O)ON3C(=O)CCC3=O)cc2)nn1. The molecule has 0 unspecified atom stereocenters. The Kier molecular flexibility index (Phi) is 10.4. The lowest BCUT2D eigenvalue weighted by Gasteiger charge is -2.12. The van der Waals surface area contributed by atoms with Crippen LogP contribution in [-0.4, -0.2) is 89.5 Å². The minimum absolute atomic E-state index is 0.0617. The Hall–Kier alpha value is -3.55. The Morgan fingerprint density at radius 1 is 0.800 bits per heavy atom. The summed E-state index contributed by atoms with van der Waals surface area (Å²) < 4.78 is 21.7. The van der Waals surface area contributed by atoms with Crippen molar-refractivity contribution in [1.82, 2.24) is 25.5 Å².